The number of amides is 8. The predicted octanol–water partition coefficient (Wildman–Crippen LogP) is -4.89. The number of nitrogens with zero attached hydrogens (tertiary/aromatic N) is 1. The minimum Gasteiger partial charge on any atom is -0.391 e. The molecular weight excluding hydrogens is 857 g/mol. The monoisotopic (exact) mass is 925 g/mol. The molecule has 23 nitrogen and oxygen atoms in total. The maximum Gasteiger partial charge on any atom is 0.245 e. The largest absolute Gasteiger partial charge is 0.391 e. The van der Waals surface area contributed by atoms with Crippen LogP contribution in [0.2, 0.25) is 0 Å². The van der Waals surface area contributed by atoms with Crippen molar-refractivity contribution in [3.8, 4) is 0 Å². The van der Waals surface area contributed by atoms with Crippen LogP contribution >= 0.6 is 0 Å². The fourth-order valence-corrected chi connectivity index (χ4v) is 6.32. The number of rotatable bonds is 31. The number of aliphatic hydroxyl groups excluding tert-OH is 1. The van der Waals surface area contributed by atoms with Gasteiger partial charge < -0.3 is 76.3 Å². The second-order valence-corrected chi connectivity index (χ2v) is 15.7. The highest BCUT2D eigenvalue weighted by Gasteiger charge is 2.31. The second kappa shape index (κ2) is 30.4. The number of hydrogen-bond acceptors (Lipinski definition) is 13. The lowest BCUT2D eigenvalue weighted by atomic mass is 10.0. The van der Waals surface area contributed by atoms with Gasteiger partial charge in [0.25, 0.3) is 0 Å². The van der Waals surface area contributed by atoms with E-state index in [9.17, 15) is 43.5 Å². The molecule has 0 bridgehead atoms. The Morgan fingerprint density at radius 3 is 1.76 bits per heavy atom. The molecule has 0 aromatic heterocycles. The van der Waals surface area contributed by atoms with Crippen LogP contribution in [-0.4, -0.2) is 140 Å². The summed E-state index contributed by atoms with van der Waals surface area (Å²) in [7, 11) is 0. The summed E-state index contributed by atoms with van der Waals surface area (Å²) in [6.07, 6.45) is 0.721. The molecule has 0 saturated carbocycles. The molecule has 0 fully saturated rings. The van der Waals surface area contributed by atoms with Gasteiger partial charge in [-0.05, 0) is 70.0 Å². The lowest BCUT2D eigenvalue weighted by molar-refractivity contribution is -0.135. The fourth-order valence-electron chi connectivity index (χ4n) is 6.32. The number of aliphatic imine (C=N–C) groups is 1. The van der Waals surface area contributed by atoms with Crippen LogP contribution in [0.3, 0.4) is 0 Å². The van der Waals surface area contributed by atoms with E-state index in [-0.39, 0.29) is 50.8 Å². The van der Waals surface area contributed by atoms with Crippen molar-refractivity contribution in [2.45, 2.75) is 101 Å². The van der Waals surface area contributed by atoms with E-state index in [0.29, 0.717) is 37.9 Å². The number of unbranched alkanes of at least 4 members (excludes halogenated alkanes) is 1. The summed E-state index contributed by atoms with van der Waals surface area (Å²) >= 11 is 0. The Morgan fingerprint density at radius 2 is 1.17 bits per heavy atom. The van der Waals surface area contributed by atoms with Crippen LogP contribution in [0.25, 0.3) is 0 Å². The van der Waals surface area contributed by atoms with Crippen LogP contribution in [0, 0.1) is 0 Å². The van der Waals surface area contributed by atoms with Gasteiger partial charge >= 0.3 is 0 Å². The van der Waals surface area contributed by atoms with E-state index >= 15 is 0 Å². The first kappa shape index (κ1) is 55.4. The summed E-state index contributed by atoms with van der Waals surface area (Å²) in [5.41, 5.74) is 29.6. The first-order valence-electron chi connectivity index (χ1n) is 21.7. The molecule has 364 valence electrons. The van der Waals surface area contributed by atoms with Crippen LogP contribution in [0.1, 0.15) is 57.1 Å². The second-order valence-electron chi connectivity index (χ2n) is 15.7. The van der Waals surface area contributed by atoms with Crippen LogP contribution < -0.4 is 71.2 Å². The summed E-state index contributed by atoms with van der Waals surface area (Å²) in [5, 5.41) is 30.7. The Bertz CT molecular complexity index is 1900. The van der Waals surface area contributed by atoms with E-state index in [1.807, 2.05) is 30.3 Å². The van der Waals surface area contributed by atoms with Gasteiger partial charge in [0.05, 0.1) is 25.7 Å². The molecule has 0 aliphatic carbocycles. The van der Waals surface area contributed by atoms with Gasteiger partial charge in [0.2, 0.25) is 47.3 Å². The zero-order valence-corrected chi connectivity index (χ0v) is 37.6. The fraction of sp³-hybridized carbons (Fsp3) is 0.512. The van der Waals surface area contributed by atoms with Crippen molar-refractivity contribution in [3.63, 3.8) is 0 Å². The van der Waals surface area contributed by atoms with E-state index in [1.165, 1.54) is 13.8 Å². The standard InChI is InChI=1S/C43H68N14O9/c1-26(39(63)56-32(17-11-19-50-43(47)48)40(64)55-31(38(46)62)16-9-10-18-44)53-35(60)25-52-42(66)37(27(2)58)57-41(65)33(21-29-14-7-4-8-15-29)54-36(61)24-51-34(59)23-49-22-30(45)20-28-12-5-3-6-13-28/h3-8,12-15,26-27,30-33,37,49,58H,9-11,16-25,44-45H2,1-2H3,(H2,46,62)(H,51,59)(H,52,66)(H,53,60)(H,54,61)(H,55,64)(H,56,63)(H,57,65)(H4,47,48,50)/t26-,27+,30-,31-,32-,33-,37-/m0/s1. The molecule has 19 N–H and O–H groups in total. The molecule has 2 aromatic carbocycles. The van der Waals surface area contributed by atoms with E-state index in [4.69, 9.17) is 28.7 Å². The summed E-state index contributed by atoms with van der Waals surface area (Å²) < 4.78 is 0. The third kappa shape index (κ3) is 22.8. The number of carbonyl (C=O) groups excluding carboxylic acids is 8. The van der Waals surface area contributed by atoms with E-state index in [0.717, 1.165) is 5.56 Å². The molecule has 0 spiro atoms. The highest BCUT2D eigenvalue weighted by molar-refractivity contribution is 5.96. The maximum absolute atomic E-state index is 13.6. The van der Waals surface area contributed by atoms with Gasteiger partial charge in [0, 0.05) is 25.6 Å². The number of carbonyl (C=O) groups is 8. The zero-order chi connectivity index (χ0) is 49.0. The summed E-state index contributed by atoms with van der Waals surface area (Å²) in [5.74, 6) is -6.29. The van der Waals surface area contributed by atoms with E-state index < -0.39 is 96.7 Å². The lowest BCUT2D eigenvalue weighted by Gasteiger charge is -2.25. The number of benzene rings is 2. The summed E-state index contributed by atoms with van der Waals surface area (Å²) in [6, 6.07) is 11.7. The van der Waals surface area contributed by atoms with Gasteiger partial charge in [-0.25, -0.2) is 0 Å². The number of nitrogens with one attached hydrogen (secondary N) is 8. The molecule has 66 heavy (non-hydrogen) atoms. The smallest absolute Gasteiger partial charge is 0.245 e. The van der Waals surface area contributed by atoms with Gasteiger partial charge in [0.15, 0.2) is 5.96 Å². The topological polar surface area (TPSA) is 395 Å². The molecule has 0 radical (unpaired) electrons. The Labute approximate surface area is 384 Å². The van der Waals surface area contributed by atoms with E-state index in [2.05, 4.69) is 47.5 Å². The maximum atomic E-state index is 13.6. The van der Waals surface area contributed by atoms with Crippen molar-refractivity contribution >= 4 is 53.2 Å². The number of aliphatic hydroxyl groups is 1. The molecule has 0 saturated heterocycles. The minimum atomic E-state index is -1.60. The van der Waals surface area contributed by atoms with Crippen LogP contribution in [0.15, 0.2) is 65.7 Å². The quantitative estimate of drug-likeness (QED) is 0.0192. The first-order chi connectivity index (χ1) is 31.4. The molecule has 2 rings (SSSR count). The molecule has 0 unspecified atom stereocenters. The molecule has 8 amide bonds. The van der Waals surface area contributed by atoms with Crippen molar-refractivity contribution in [3.05, 3.63) is 71.8 Å². The average Bonchev–Trinajstić information content (AvgIpc) is 3.27. The third-order valence-corrected chi connectivity index (χ3v) is 9.85. The van der Waals surface area contributed by atoms with Crippen molar-refractivity contribution in [1.29, 1.82) is 0 Å². The number of hydrogen-bond donors (Lipinski definition) is 14. The zero-order valence-electron chi connectivity index (χ0n) is 37.6. The third-order valence-electron chi connectivity index (χ3n) is 9.85. The molecule has 0 heterocycles. The van der Waals surface area contributed by atoms with E-state index in [1.54, 1.807) is 30.3 Å². The summed E-state index contributed by atoms with van der Waals surface area (Å²) in [4.78, 5) is 108. The van der Waals surface area contributed by atoms with Gasteiger partial charge in [-0.1, -0.05) is 60.7 Å². The molecular formula is C43H68N14O9. The van der Waals surface area contributed by atoms with Crippen molar-refractivity contribution in [1.82, 2.24) is 42.5 Å². The van der Waals surface area contributed by atoms with Crippen molar-refractivity contribution in [2.24, 2.45) is 33.7 Å². The van der Waals surface area contributed by atoms with Crippen molar-refractivity contribution in [2.75, 3.05) is 39.3 Å². The highest BCUT2D eigenvalue weighted by Crippen LogP contribution is 2.07. The Balaban J connectivity index is 1.99. The Morgan fingerprint density at radius 1 is 0.606 bits per heavy atom. The molecule has 23 heteroatoms. The molecule has 7 atom stereocenters. The Hall–Kier alpha value is -6.69. The number of nitrogens with two attached hydrogens (primary N) is 5. The average molecular weight is 925 g/mol. The van der Waals surface area contributed by atoms with Crippen LogP contribution in [-0.2, 0) is 51.2 Å². The first-order valence-corrected chi connectivity index (χ1v) is 21.7. The van der Waals surface area contributed by atoms with Gasteiger partial charge in [0.1, 0.15) is 30.2 Å². The predicted molar refractivity (Wildman–Crippen MR) is 246 cm³/mol. The Kier molecular flexibility index (Phi) is 25.6. The molecule has 2 aromatic rings. The molecule has 0 aliphatic heterocycles. The molecule has 0 aliphatic rings. The van der Waals surface area contributed by atoms with Gasteiger partial charge in [-0.2, -0.15) is 0 Å². The minimum absolute atomic E-state index is 0.0248. The lowest BCUT2D eigenvalue weighted by Crippen LogP contribution is -2.59. The highest BCUT2D eigenvalue weighted by atomic mass is 16.3. The van der Waals surface area contributed by atoms with Gasteiger partial charge in [-0.3, -0.25) is 43.3 Å². The normalized spacial score (nSPS) is 14.0. The van der Waals surface area contributed by atoms with Crippen LogP contribution in [0.4, 0.5) is 0 Å². The number of guanidine groups is 1. The van der Waals surface area contributed by atoms with Crippen molar-refractivity contribution < 1.29 is 43.5 Å². The van der Waals surface area contributed by atoms with Gasteiger partial charge in [-0.15, -0.1) is 0 Å². The van der Waals surface area contributed by atoms with Crippen LogP contribution in [0.5, 0.6) is 0 Å². The summed E-state index contributed by atoms with van der Waals surface area (Å²) in [6.45, 7) is 2.13. The number of primary amides is 1. The SMILES string of the molecule is C[C@H](NC(=O)CNC(=O)[C@@H](NC(=O)[C@H](Cc1ccccc1)NC(=O)CNC(=O)CNC[C@@H](N)Cc1ccccc1)[C@@H](C)O)C(=O)N[C@@H](CCCN=C(N)N)C(=O)N[C@@H](CCCCN)C(N)=O.